The molecule has 2 N–H and O–H groups in total. The molecule has 2 saturated heterocycles. The third-order valence-corrected chi connectivity index (χ3v) is 2.84. The van der Waals surface area contributed by atoms with Crippen molar-refractivity contribution >= 4 is 6.09 Å². The molecule has 0 aromatic rings. The second-order valence-corrected chi connectivity index (χ2v) is 5.53. The number of fused-ring (bicyclic) bond motifs is 1. The third-order valence-electron chi connectivity index (χ3n) is 2.84. The van der Waals surface area contributed by atoms with E-state index in [-0.39, 0.29) is 11.6 Å². The first kappa shape index (κ1) is 9.77. The van der Waals surface area contributed by atoms with E-state index in [1.807, 2.05) is 20.8 Å². The SMILES string of the molecule is CC(C)(C)OC(=O)N1CC2(N)CC1C2. The Morgan fingerprint density at radius 2 is 2.07 bits per heavy atom. The van der Waals surface area contributed by atoms with Gasteiger partial charge in [-0.15, -0.1) is 0 Å². The maximum Gasteiger partial charge on any atom is 0.410 e. The first-order valence-corrected chi connectivity index (χ1v) is 5.08. The molecule has 0 aromatic heterocycles. The number of rotatable bonds is 0. The van der Waals surface area contributed by atoms with Crippen LogP contribution in [0, 0.1) is 0 Å². The van der Waals surface area contributed by atoms with Gasteiger partial charge in [0.1, 0.15) is 5.60 Å². The summed E-state index contributed by atoms with van der Waals surface area (Å²) < 4.78 is 5.30. The fourth-order valence-electron chi connectivity index (χ4n) is 2.23. The second kappa shape index (κ2) is 2.63. The van der Waals surface area contributed by atoms with Crippen LogP contribution in [0.5, 0.6) is 0 Å². The lowest BCUT2D eigenvalue weighted by Gasteiger charge is -2.33. The molecular weight excluding hydrogens is 180 g/mol. The predicted octanol–water partition coefficient (Wildman–Crippen LogP) is 1.10. The number of nitrogens with two attached hydrogens (primary N) is 1. The van der Waals surface area contributed by atoms with Crippen LogP contribution >= 0.6 is 0 Å². The van der Waals surface area contributed by atoms with E-state index in [0.717, 1.165) is 12.8 Å². The van der Waals surface area contributed by atoms with E-state index in [0.29, 0.717) is 12.6 Å². The van der Waals surface area contributed by atoms with Crippen molar-refractivity contribution < 1.29 is 9.53 Å². The van der Waals surface area contributed by atoms with E-state index >= 15 is 0 Å². The van der Waals surface area contributed by atoms with Crippen LogP contribution in [0.3, 0.4) is 0 Å². The molecule has 4 heteroatoms. The van der Waals surface area contributed by atoms with Gasteiger partial charge in [0.05, 0.1) is 0 Å². The van der Waals surface area contributed by atoms with Crippen molar-refractivity contribution in [3.63, 3.8) is 0 Å². The molecule has 0 atom stereocenters. The lowest BCUT2D eigenvalue weighted by atomic mass is 9.79. The standard InChI is InChI=1S/C10H18N2O2/c1-9(2,3)14-8(13)12-6-10(11)4-7(12)5-10/h7H,4-6,11H2,1-3H3. The molecule has 2 bridgehead atoms. The second-order valence-electron chi connectivity index (χ2n) is 5.53. The first-order chi connectivity index (χ1) is 6.29. The van der Waals surface area contributed by atoms with Crippen LogP contribution in [0.2, 0.25) is 0 Å². The fourth-order valence-corrected chi connectivity index (χ4v) is 2.23. The Morgan fingerprint density at radius 3 is 2.43 bits per heavy atom. The Bertz CT molecular complexity index is 264. The van der Waals surface area contributed by atoms with Crippen molar-refractivity contribution in [3.05, 3.63) is 0 Å². The average Bonchev–Trinajstić information content (AvgIpc) is 2.36. The molecule has 0 spiro atoms. The fraction of sp³-hybridized carbons (Fsp3) is 0.900. The van der Waals surface area contributed by atoms with Gasteiger partial charge in [0.2, 0.25) is 0 Å². The Hall–Kier alpha value is -0.770. The molecule has 0 unspecified atom stereocenters. The topological polar surface area (TPSA) is 55.6 Å². The van der Waals surface area contributed by atoms with E-state index < -0.39 is 5.60 Å². The minimum absolute atomic E-state index is 0.110. The highest BCUT2D eigenvalue weighted by Crippen LogP contribution is 2.42. The van der Waals surface area contributed by atoms with Gasteiger partial charge in [0.15, 0.2) is 0 Å². The van der Waals surface area contributed by atoms with E-state index in [1.165, 1.54) is 0 Å². The lowest BCUT2D eigenvalue weighted by molar-refractivity contribution is 0.0246. The van der Waals surface area contributed by atoms with E-state index in [1.54, 1.807) is 4.90 Å². The van der Waals surface area contributed by atoms with Crippen LogP contribution in [0.15, 0.2) is 0 Å². The van der Waals surface area contributed by atoms with Gasteiger partial charge >= 0.3 is 6.09 Å². The summed E-state index contributed by atoms with van der Waals surface area (Å²) in [6, 6.07) is 0.329. The van der Waals surface area contributed by atoms with Crippen molar-refractivity contribution in [2.45, 2.75) is 50.8 Å². The Balaban J connectivity index is 1.95. The van der Waals surface area contributed by atoms with Gasteiger partial charge in [-0.25, -0.2) is 4.79 Å². The van der Waals surface area contributed by atoms with Crippen LogP contribution in [0.25, 0.3) is 0 Å². The van der Waals surface area contributed by atoms with Gasteiger partial charge in [0.25, 0.3) is 0 Å². The van der Waals surface area contributed by atoms with Crippen LogP contribution < -0.4 is 5.73 Å². The Kier molecular flexibility index (Phi) is 1.83. The van der Waals surface area contributed by atoms with Crippen molar-refractivity contribution in [2.75, 3.05) is 6.54 Å². The molecule has 3 aliphatic rings. The predicted molar refractivity (Wildman–Crippen MR) is 52.9 cm³/mol. The zero-order chi connectivity index (χ0) is 10.6. The smallest absolute Gasteiger partial charge is 0.410 e. The van der Waals surface area contributed by atoms with E-state index in [9.17, 15) is 4.79 Å². The number of amides is 1. The van der Waals surface area contributed by atoms with Gasteiger partial charge in [-0.3, -0.25) is 0 Å². The van der Waals surface area contributed by atoms with Crippen molar-refractivity contribution in [1.82, 2.24) is 4.90 Å². The molecule has 1 aliphatic carbocycles. The summed E-state index contributed by atoms with van der Waals surface area (Å²) in [5, 5.41) is 0. The summed E-state index contributed by atoms with van der Waals surface area (Å²) in [6.45, 7) is 6.29. The van der Waals surface area contributed by atoms with E-state index in [4.69, 9.17) is 10.5 Å². The van der Waals surface area contributed by atoms with Gasteiger partial charge in [-0.2, -0.15) is 0 Å². The molecular formula is C10H18N2O2. The third kappa shape index (κ3) is 1.59. The van der Waals surface area contributed by atoms with Crippen molar-refractivity contribution in [1.29, 1.82) is 0 Å². The van der Waals surface area contributed by atoms with Crippen molar-refractivity contribution in [2.24, 2.45) is 5.73 Å². The van der Waals surface area contributed by atoms with Gasteiger partial charge in [-0.1, -0.05) is 0 Å². The number of carbonyl (C=O) groups excluding carboxylic acids is 1. The number of carbonyl (C=O) groups is 1. The summed E-state index contributed by atoms with van der Waals surface area (Å²) in [5.74, 6) is 0. The largest absolute Gasteiger partial charge is 0.444 e. The molecule has 2 aliphatic heterocycles. The quantitative estimate of drug-likeness (QED) is 0.634. The summed E-state index contributed by atoms with van der Waals surface area (Å²) in [7, 11) is 0. The van der Waals surface area contributed by atoms with Crippen LogP contribution in [0.4, 0.5) is 4.79 Å². The molecule has 0 aromatic carbocycles. The Morgan fingerprint density at radius 1 is 1.50 bits per heavy atom. The number of nitrogens with zero attached hydrogens (tertiary/aromatic N) is 1. The zero-order valence-corrected chi connectivity index (χ0v) is 9.04. The molecule has 14 heavy (non-hydrogen) atoms. The summed E-state index contributed by atoms with van der Waals surface area (Å²) in [5.41, 5.74) is 5.47. The highest BCUT2D eigenvalue weighted by Gasteiger charge is 2.55. The monoisotopic (exact) mass is 198 g/mol. The summed E-state index contributed by atoms with van der Waals surface area (Å²) >= 11 is 0. The molecule has 3 rings (SSSR count). The highest BCUT2D eigenvalue weighted by atomic mass is 16.6. The number of ether oxygens (including phenoxy) is 1. The minimum Gasteiger partial charge on any atom is -0.444 e. The zero-order valence-electron chi connectivity index (χ0n) is 9.04. The molecule has 3 fully saturated rings. The average molecular weight is 198 g/mol. The molecule has 2 heterocycles. The lowest BCUT2D eigenvalue weighted by Crippen LogP contribution is -2.48. The number of hydrogen-bond donors (Lipinski definition) is 1. The van der Waals surface area contributed by atoms with Crippen LogP contribution in [-0.4, -0.2) is 34.7 Å². The van der Waals surface area contributed by atoms with Crippen LogP contribution in [-0.2, 0) is 4.74 Å². The molecule has 1 saturated carbocycles. The minimum atomic E-state index is -0.411. The molecule has 1 amide bonds. The normalized spacial score (nSPS) is 35.4. The molecule has 0 radical (unpaired) electrons. The number of hydrogen-bond acceptors (Lipinski definition) is 3. The van der Waals surface area contributed by atoms with Gasteiger partial charge in [-0.05, 0) is 33.6 Å². The summed E-state index contributed by atoms with van der Waals surface area (Å²) in [4.78, 5) is 13.5. The molecule has 80 valence electrons. The maximum absolute atomic E-state index is 11.7. The maximum atomic E-state index is 11.7. The highest BCUT2D eigenvalue weighted by molar-refractivity contribution is 5.70. The summed E-state index contributed by atoms with van der Waals surface area (Å²) in [6.07, 6.45) is 1.66. The van der Waals surface area contributed by atoms with Gasteiger partial charge in [0, 0.05) is 18.1 Å². The van der Waals surface area contributed by atoms with E-state index in [2.05, 4.69) is 0 Å². The first-order valence-electron chi connectivity index (χ1n) is 5.08. The van der Waals surface area contributed by atoms with Crippen molar-refractivity contribution in [3.8, 4) is 0 Å². The van der Waals surface area contributed by atoms with Crippen LogP contribution in [0.1, 0.15) is 33.6 Å². The van der Waals surface area contributed by atoms with Gasteiger partial charge < -0.3 is 15.4 Å². The molecule has 4 nitrogen and oxygen atoms in total. The Labute approximate surface area is 84.4 Å².